The predicted octanol–water partition coefficient (Wildman–Crippen LogP) is 0.712. The normalized spacial score (nSPS) is 34.5. The van der Waals surface area contributed by atoms with Gasteiger partial charge >= 0.3 is 5.97 Å². The number of rotatable bonds is 2. The molecule has 0 spiro atoms. The van der Waals surface area contributed by atoms with E-state index in [1.807, 2.05) is 0 Å². The maximum absolute atomic E-state index is 11.7. The molecule has 0 bridgehead atoms. The van der Waals surface area contributed by atoms with E-state index in [2.05, 4.69) is 5.32 Å². The first-order valence-corrected chi connectivity index (χ1v) is 5.68. The molecule has 1 N–H and O–H groups in total. The number of carbonyl (C=O) groups is 2. The van der Waals surface area contributed by atoms with Crippen LogP contribution in [-0.2, 0) is 14.3 Å². The second-order valence-electron chi connectivity index (χ2n) is 4.33. The topological polar surface area (TPSA) is 55.4 Å². The van der Waals surface area contributed by atoms with Crippen molar-refractivity contribution in [3.05, 3.63) is 0 Å². The molecule has 0 aromatic rings. The van der Waals surface area contributed by atoms with Gasteiger partial charge in [0.15, 0.2) is 0 Å². The Morgan fingerprint density at radius 2 is 2.33 bits per heavy atom. The number of amides is 1. The van der Waals surface area contributed by atoms with Crippen molar-refractivity contribution in [2.45, 2.75) is 26.2 Å². The van der Waals surface area contributed by atoms with Crippen molar-refractivity contribution in [3.63, 3.8) is 0 Å². The van der Waals surface area contributed by atoms with Gasteiger partial charge < -0.3 is 10.1 Å². The van der Waals surface area contributed by atoms with Crippen molar-refractivity contribution in [3.8, 4) is 0 Å². The molecule has 4 heteroatoms. The van der Waals surface area contributed by atoms with Gasteiger partial charge in [-0.15, -0.1) is 0 Å². The van der Waals surface area contributed by atoms with Crippen LogP contribution in [0, 0.1) is 17.8 Å². The van der Waals surface area contributed by atoms with Crippen LogP contribution in [0.4, 0.5) is 0 Å². The third-order valence-corrected chi connectivity index (χ3v) is 3.51. The van der Waals surface area contributed by atoms with Gasteiger partial charge in [-0.2, -0.15) is 0 Å². The highest BCUT2D eigenvalue weighted by Gasteiger charge is 2.45. The number of esters is 1. The Morgan fingerprint density at radius 3 is 3.07 bits per heavy atom. The molecule has 1 heterocycles. The SMILES string of the molecule is CCOC(=O)C1C(=O)NC[C@@H]2CCC[C@H]12. The van der Waals surface area contributed by atoms with E-state index in [1.165, 1.54) is 0 Å². The molecule has 2 fully saturated rings. The molecule has 1 aliphatic carbocycles. The molecule has 15 heavy (non-hydrogen) atoms. The number of fused-ring (bicyclic) bond motifs is 1. The first-order valence-electron chi connectivity index (χ1n) is 5.68. The second-order valence-corrected chi connectivity index (χ2v) is 4.33. The number of hydrogen-bond acceptors (Lipinski definition) is 3. The molecule has 1 aliphatic heterocycles. The lowest BCUT2D eigenvalue weighted by molar-refractivity contribution is -0.156. The fraction of sp³-hybridized carbons (Fsp3) is 0.818. The molecule has 1 saturated heterocycles. The summed E-state index contributed by atoms with van der Waals surface area (Å²) in [5.41, 5.74) is 0. The van der Waals surface area contributed by atoms with Crippen molar-refractivity contribution >= 4 is 11.9 Å². The minimum absolute atomic E-state index is 0.142. The van der Waals surface area contributed by atoms with Gasteiger partial charge in [-0.25, -0.2) is 0 Å². The smallest absolute Gasteiger partial charge is 0.318 e. The summed E-state index contributed by atoms with van der Waals surface area (Å²) in [7, 11) is 0. The molecule has 3 atom stereocenters. The Hall–Kier alpha value is -1.06. The molecule has 2 aliphatic rings. The molecule has 1 amide bonds. The average molecular weight is 211 g/mol. The molecule has 0 radical (unpaired) electrons. The highest BCUT2D eigenvalue weighted by Crippen LogP contribution is 2.39. The number of piperidine rings is 1. The molecular formula is C11H17NO3. The summed E-state index contributed by atoms with van der Waals surface area (Å²) in [6.07, 6.45) is 3.24. The maximum Gasteiger partial charge on any atom is 0.318 e. The first kappa shape index (κ1) is 10.5. The van der Waals surface area contributed by atoms with Crippen molar-refractivity contribution in [1.82, 2.24) is 5.32 Å². The molecule has 4 nitrogen and oxygen atoms in total. The predicted molar refractivity (Wildman–Crippen MR) is 54.0 cm³/mol. The van der Waals surface area contributed by atoms with E-state index in [0.717, 1.165) is 25.8 Å². The van der Waals surface area contributed by atoms with E-state index in [9.17, 15) is 9.59 Å². The van der Waals surface area contributed by atoms with Crippen molar-refractivity contribution in [1.29, 1.82) is 0 Å². The van der Waals surface area contributed by atoms with Crippen LogP contribution >= 0.6 is 0 Å². The minimum atomic E-state index is -0.550. The van der Waals surface area contributed by atoms with Crippen LogP contribution in [0.15, 0.2) is 0 Å². The molecule has 0 aromatic heterocycles. The lowest BCUT2D eigenvalue weighted by Crippen LogP contribution is -2.49. The largest absolute Gasteiger partial charge is 0.465 e. The molecule has 84 valence electrons. The van der Waals surface area contributed by atoms with Crippen LogP contribution in [0.2, 0.25) is 0 Å². The zero-order valence-corrected chi connectivity index (χ0v) is 8.99. The fourth-order valence-corrected chi connectivity index (χ4v) is 2.81. The lowest BCUT2D eigenvalue weighted by atomic mass is 9.80. The number of ether oxygens (including phenoxy) is 1. The number of hydrogen-bond donors (Lipinski definition) is 1. The van der Waals surface area contributed by atoms with E-state index >= 15 is 0 Å². The van der Waals surface area contributed by atoms with Gasteiger partial charge in [-0.3, -0.25) is 9.59 Å². The van der Waals surface area contributed by atoms with E-state index in [4.69, 9.17) is 4.74 Å². The van der Waals surface area contributed by atoms with Crippen LogP contribution in [0.5, 0.6) is 0 Å². The van der Waals surface area contributed by atoms with Gasteiger partial charge in [0.05, 0.1) is 6.61 Å². The Balaban J connectivity index is 2.11. The van der Waals surface area contributed by atoms with E-state index in [-0.39, 0.29) is 17.8 Å². The van der Waals surface area contributed by atoms with Crippen LogP contribution in [0.25, 0.3) is 0 Å². The van der Waals surface area contributed by atoms with Crippen molar-refractivity contribution < 1.29 is 14.3 Å². The summed E-state index contributed by atoms with van der Waals surface area (Å²) < 4.78 is 4.96. The van der Waals surface area contributed by atoms with Gasteiger partial charge in [0, 0.05) is 6.54 Å². The molecule has 2 rings (SSSR count). The number of nitrogens with one attached hydrogen (secondary N) is 1. The zero-order valence-electron chi connectivity index (χ0n) is 8.99. The van der Waals surface area contributed by atoms with E-state index < -0.39 is 5.92 Å². The van der Waals surface area contributed by atoms with Crippen LogP contribution < -0.4 is 5.32 Å². The Kier molecular flexibility index (Phi) is 2.93. The minimum Gasteiger partial charge on any atom is -0.465 e. The van der Waals surface area contributed by atoms with Gasteiger partial charge in [-0.1, -0.05) is 6.42 Å². The maximum atomic E-state index is 11.7. The standard InChI is InChI=1S/C11H17NO3/c1-2-15-11(14)9-8-5-3-4-7(8)6-12-10(9)13/h7-9H,2-6H2,1H3,(H,12,13)/t7-,8-,9?/m0/s1. The summed E-state index contributed by atoms with van der Waals surface area (Å²) in [5, 5.41) is 2.80. The van der Waals surface area contributed by atoms with Gasteiger partial charge in [0.25, 0.3) is 0 Å². The van der Waals surface area contributed by atoms with Crippen molar-refractivity contribution in [2.24, 2.45) is 17.8 Å². The molecule has 1 unspecified atom stereocenters. The van der Waals surface area contributed by atoms with Crippen LogP contribution in [-0.4, -0.2) is 25.0 Å². The Labute approximate surface area is 89.4 Å². The van der Waals surface area contributed by atoms with Gasteiger partial charge in [0.2, 0.25) is 5.91 Å². The summed E-state index contributed by atoms with van der Waals surface area (Å²) >= 11 is 0. The fourth-order valence-electron chi connectivity index (χ4n) is 2.81. The molecule has 0 aromatic carbocycles. The monoisotopic (exact) mass is 211 g/mol. The highest BCUT2D eigenvalue weighted by molar-refractivity contribution is 5.98. The van der Waals surface area contributed by atoms with Crippen LogP contribution in [0.3, 0.4) is 0 Å². The van der Waals surface area contributed by atoms with Gasteiger partial charge in [-0.05, 0) is 31.6 Å². The molecule has 1 saturated carbocycles. The first-order chi connectivity index (χ1) is 7.24. The van der Waals surface area contributed by atoms with E-state index in [1.54, 1.807) is 6.92 Å². The summed E-state index contributed by atoms with van der Waals surface area (Å²) in [4.78, 5) is 23.3. The van der Waals surface area contributed by atoms with Crippen molar-refractivity contribution in [2.75, 3.05) is 13.2 Å². The lowest BCUT2D eigenvalue weighted by Gasteiger charge is -2.31. The molecular weight excluding hydrogens is 194 g/mol. The highest BCUT2D eigenvalue weighted by atomic mass is 16.5. The third-order valence-electron chi connectivity index (χ3n) is 3.51. The third kappa shape index (κ3) is 1.85. The Bertz CT molecular complexity index is 277. The quantitative estimate of drug-likeness (QED) is 0.540. The summed E-state index contributed by atoms with van der Waals surface area (Å²) in [5.74, 6) is -0.329. The number of carbonyl (C=O) groups excluding carboxylic acids is 2. The van der Waals surface area contributed by atoms with E-state index in [0.29, 0.717) is 12.5 Å². The second kappa shape index (κ2) is 4.21. The summed E-state index contributed by atoms with van der Waals surface area (Å²) in [6, 6.07) is 0. The van der Waals surface area contributed by atoms with Crippen LogP contribution in [0.1, 0.15) is 26.2 Å². The zero-order chi connectivity index (χ0) is 10.8. The van der Waals surface area contributed by atoms with Gasteiger partial charge in [0.1, 0.15) is 5.92 Å². The summed E-state index contributed by atoms with van der Waals surface area (Å²) in [6.45, 7) is 2.85. The average Bonchev–Trinajstić information content (AvgIpc) is 2.65. The Morgan fingerprint density at radius 1 is 1.53 bits per heavy atom.